The lowest BCUT2D eigenvalue weighted by Crippen LogP contribution is -2.31. The van der Waals surface area contributed by atoms with Gasteiger partial charge in [0.2, 0.25) is 0 Å². The first-order chi connectivity index (χ1) is 19.0. The van der Waals surface area contributed by atoms with Crippen molar-refractivity contribution in [1.29, 1.82) is 0 Å². The van der Waals surface area contributed by atoms with Crippen molar-refractivity contribution in [3.63, 3.8) is 0 Å². The minimum atomic E-state index is -0.503. The Balaban J connectivity index is -0.0000000377. The van der Waals surface area contributed by atoms with Gasteiger partial charge in [-0.1, -0.05) is 89.1 Å². The van der Waals surface area contributed by atoms with E-state index < -0.39 is 12.2 Å². The summed E-state index contributed by atoms with van der Waals surface area (Å²) in [5.41, 5.74) is 0. The summed E-state index contributed by atoms with van der Waals surface area (Å²) in [6, 6.07) is 0. The molecule has 6 unspecified atom stereocenters. The van der Waals surface area contributed by atoms with Crippen molar-refractivity contribution in [2.45, 2.75) is 179 Å². The van der Waals surface area contributed by atoms with E-state index in [0.29, 0.717) is 52.9 Å². The summed E-state index contributed by atoms with van der Waals surface area (Å²) >= 11 is 0. The molecule has 332 valence electrons. The molecule has 6 atom stereocenters. The lowest BCUT2D eigenvalue weighted by molar-refractivity contribution is -0.0967. The van der Waals surface area contributed by atoms with E-state index in [1.165, 1.54) is 0 Å². The molecule has 0 fully saturated rings. The molecule has 0 aromatic carbocycles. The topological polar surface area (TPSA) is 133 Å². The fraction of sp³-hybridized carbons (Fsp3) is 1.00. The molecule has 0 aliphatic heterocycles. The minimum Gasteiger partial charge on any atom is -0.443 e. The van der Waals surface area contributed by atoms with Gasteiger partial charge in [0.15, 0.2) is 0 Å². The van der Waals surface area contributed by atoms with Crippen LogP contribution in [0.1, 0.15) is 131 Å². The maximum atomic E-state index is 9.12. The highest BCUT2D eigenvalue weighted by molar-refractivity contribution is 5.98. The van der Waals surface area contributed by atoms with Crippen molar-refractivity contribution >= 4 is 16.1 Å². The third kappa shape index (κ3) is 67.7. The molecule has 0 saturated carbocycles. The molecule has 0 saturated heterocycles. The predicted octanol–water partition coefficient (Wildman–Crippen LogP) is 8.25. The normalized spacial score (nSPS) is 13.6. The van der Waals surface area contributed by atoms with Crippen LogP contribution in [0.25, 0.3) is 0 Å². The van der Waals surface area contributed by atoms with Crippen LogP contribution in [0.5, 0.6) is 0 Å². The van der Waals surface area contributed by atoms with Crippen LogP contribution in [0, 0.1) is 0 Å². The Morgan fingerprint density at radius 2 is 0.596 bits per heavy atom. The van der Waals surface area contributed by atoms with Crippen LogP contribution in [0.15, 0.2) is 0 Å². The highest BCUT2D eigenvalue weighted by atomic mass is 16.6. The highest BCUT2D eigenvalue weighted by Crippen LogP contribution is 2.02. The molecule has 0 amide bonds. The summed E-state index contributed by atoms with van der Waals surface area (Å²) in [5, 5.41) is 18.2. The summed E-state index contributed by atoms with van der Waals surface area (Å²) in [4.78, 5) is 0. The Morgan fingerprint density at radius 3 is 0.788 bits per heavy atom. The van der Waals surface area contributed by atoms with E-state index in [1.54, 1.807) is 28.1 Å². The van der Waals surface area contributed by atoms with Crippen molar-refractivity contribution in [3.8, 4) is 0 Å². The highest BCUT2D eigenvalue weighted by Gasteiger charge is 2.15. The fourth-order valence-corrected chi connectivity index (χ4v) is 2.52. The zero-order valence-corrected chi connectivity index (χ0v) is 25.8. The molecule has 0 aliphatic rings. The maximum Gasteiger partial charge on any atom is 0.283 e. The van der Waals surface area contributed by atoms with Gasteiger partial charge in [-0.3, -0.25) is 0 Å². The molecule has 0 rings (SSSR count). The van der Waals surface area contributed by atoms with Gasteiger partial charge in [-0.25, -0.2) is 0 Å². The van der Waals surface area contributed by atoms with E-state index in [-0.39, 0.29) is 139 Å². The zero-order valence-electron chi connectivity index (χ0n) is 25.8. The van der Waals surface area contributed by atoms with Gasteiger partial charge in [0, 0.05) is 14.2 Å². The number of methoxy groups -OCH3 is 2. The van der Waals surface area contributed by atoms with Crippen LogP contribution in [0.2, 0.25) is 0 Å². The number of aliphatic hydroxyl groups is 2. The Kier molecular flexibility index (Phi) is 118. The second-order valence-corrected chi connectivity index (χ2v) is 9.74. The van der Waals surface area contributed by atoms with Crippen molar-refractivity contribution < 1.29 is 57.4 Å². The van der Waals surface area contributed by atoms with Gasteiger partial charge in [0.1, 0.15) is 12.2 Å². The molecular weight excluding hydrogens is 670 g/mol. The van der Waals surface area contributed by atoms with E-state index >= 15 is 0 Å². The largest absolute Gasteiger partial charge is 0.443 e. The first kappa shape index (κ1) is 93.5. The first-order valence-corrected chi connectivity index (χ1v) is 13.7. The second kappa shape index (κ2) is 65.5. The average molecular weight is 773 g/mol. The number of hydrogen-bond acceptors (Lipinski definition) is 12. The number of aliphatic hydroxyl groups excluding tert-OH is 2. The van der Waals surface area contributed by atoms with Gasteiger partial charge in [-0.05, 0) is 41.5 Å². The number of hydrogen-bond donors (Lipinski definition) is 2. The monoisotopic (exact) mass is 773 g/mol. The van der Waals surface area contributed by atoms with Gasteiger partial charge in [-0.2, -0.15) is 0 Å². The smallest absolute Gasteiger partial charge is 0.283 e. The molecule has 0 bridgehead atoms. The third-order valence-corrected chi connectivity index (χ3v) is 5.04. The van der Waals surface area contributed by atoms with Crippen LogP contribution >= 0.6 is 0 Å². The molecule has 12 nitrogen and oxygen atoms in total. The van der Waals surface area contributed by atoms with E-state index in [1.807, 2.05) is 27.7 Å². The molecule has 4 radical (unpaired) electrons. The summed E-state index contributed by atoms with van der Waals surface area (Å²) in [6.07, 6.45) is -1.80. The molecule has 0 aromatic heterocycles. The van der Waals surface area contributed by atoms with Gasteiger partial charge in [0.25, 0.3) is 16.1 Å². The fourth-order valence-electron chi connectivity index (χ4n) is 2.52. The van der Waals surface area contributed by atoms with Crippen LogP contribution in [-0.2, 0) is 47.2 Å². The molecular formula is C38H102B2O12. The molecule has 2 N–H and O–H groups in total. The van der Waals surface area contributed by atoms with Gasteiger partial charge < -0.3 is 57.4 Å². The molecule has 0 spiro atoms. The van der Waals surface area contributed by atoms with E-state index in [0.717, 1.165) is 0 Å². The standard InChI is InChI=1S/C13H26B2O6.C13H28O6.12CH4/c1-10(16-4)7-19-13(8-17-5-11(2)20-14)9-18-6-12(3)21-15;1-10(14)5-17-8-13(9-18-6-11(2)15)19-7-12(3)16-4;;;;;;;;;;;;/h10-13H,5-9H2,1-4H3;10-15H,5-9H2,1-4H3;12*1H4. The van der Waals surface area contributed by atoms with E-state index in [9.17, 15) is 0 Å². The van der Waals surface area contributed by atoms with Gasteiger partial charge in [0.05, 0.1) is 103 Å². The lowest BCUT2D eigenvalue weighted by atomic mass is 10.3. The van der Waals surface area contributed by atoms with E-state index in [4.69, 9.17) is 64.2 Å². The zero-order chi connectivity index (χ0) is 30.8. The third-order valence-electron chi connectivity index (χ3n) is 5.04. The number of ether oxygens (including phenoxy) is 8. The van der Waals surface area contributed by atoms with Crippen LogP contribution in [0.4, 0.5) is 0 Å². The Labute approximate surface area is 332 Å². The van der Waals surface area contributed by atoms with Crippen molar-refractivity contribution in [3.05, 3.63) is 0 Å². The Hall–Kier alpha value is -0.350. The van der Waals surface area contributed by atoms with Crippen LogP contribution in [0.3, 0.4) is 0 Å². The summed E-state index contributed by atoms with van der Waals surface area (Å²) in [5.74, 6) is 0. The Bertz CT molecular complexity index is 498. The van der Waals surface area contributed by atoms with Crippen LogP contribution in [-0.4, -0.2) is 155 Å². The molecule has 0 heterocycles. The molecule has 52 heavy (non-hydrogen) atoms. The lowest BCUT2D eigenvalue weighted by Gasteiger charge is -2.22. The molecule has 14 heteroatoms. The van der Waals surface area contributed by atoms with Gasteiger partial charge in [-0.15, -0.1) is 0 Å². The van der Waals surface area contributed by atoms with Gasteiger partial charge >= 0.3 is 0 Å². The SMILES string of the molecule is C.C.C.C.C.C.C.C.C.C.C.C.COC(C)COC(COCC(C)O)COCC(C)O.[B]OC(C)COCC(COCC(C)O[B])OCC(C)OC. The summed E-state index contributed by atoms with van der Waals surface area (Å²) in [7, 11) is 13.4. The molecule has 0 aromatic rings. The number of rotatable bonds is 26. The Morgan fingerprint density at radius 1 is 0.365 bits per heavy atom. The summed E-state index contributed by atoms with van der Waals surface area (Å²) in [6.45, 7) is 14.4. The maximum absolute atomic E-state index is 9.12. The minimum absolute atomic E-state index is 0. The molecule has 0 aliphatic carbocycles. The van der Waals surface area contributed by atoms with Crippen molar-refractivity contribution in [2.24, 2.45) is 0 Å². The van der Waals surface area contributed by atoms with Crippen molar-refractivity contribution in [1.82, 2.24) is 0 Å². The van der Waals surface area contributed by atoms with Crippen molar-refractivity contribution in [2.75, 3.05) is 80.3 Å². The second-order valence-electron chi connectivity index (χ2n) is 9.74. The van der Waals surface area contributed by atoms with Crippen LogP contribution < -0.4 is 0 Å². The van der Waals surface area contributed by atoms with E-state index in [2.05, 4.69) is 9.31 Å². The first-order valence-electron chi connectivity index (χ1n) is 13.7. The predicted molar refractivity (Wildman–Crippen MR) is 232 cm³/mol. The quantitative estimate of drug-likeness (QED) is 0.0821. The summed E-state index contributed by atoms with van der Waals surface area (Å²) < 4.78 is 52.4. The average Bonchev–Trinajstić information content (AvgIpc) is 2.93.